The van der Waals surface area contributed by atoms with Crippen molar-refractivity contribution in [3.8, 4) is 11.6 Å². The first-order valence-electron chi connectivity index (χ1n) is 10.0. The number of fused-ring (bicyclic) bond motifs is 3. The molecule has 0 atom stereocenters. The van der Waals surface area contributed by atoms with Crippen LogP contribution in [0.5, 0.6) is 5.88 Å². The molecule has 3 aromatic rings. The summed E-state index contributed by atoms with van der Waals surface area (Å²) in [6, 6.07) is 7.91. The van der Waals surface area contributed by atoms with Gasteiger partial charge in [-0.3, -0.25) is 9.47 Å². The zero-order valence-electron chi connectivity index (χ0n) is 16.3. The number of nitrogens with zero attached hydrogens (tertiary/aromatic N) is 6. The Balaban J connectivity index is 1.38. The Kier molecular flexibility index (Phi) is 4.93. The molecule has 1 aliphatic carbocycles. The molecule has 7 nitrogen and oxygen atoms in total. The van der Waals surface area contributed by atoms with Gasteiger partial charge in [-0.25, -0.2) is 9.97 Å². The van der Waals surface area contributed by atoms with Gasteiger partial charge in [0, 0.05) is 29.7 Å². The van der Waals surface area contributed by atoms with Crippen molar-refractivity contribution in [2.45, 2.75) is 50.8 Å². The SMILES string of the molecule is CN1Cc2cc(Cl)ccc2-n2c(nnc2[C@H]2CC[C@@H](Oc3ccncn3)CC2)C1. The molecule has 150 valence electrons. The summed E-state index contributed by atoms with van der Waals surface area (Å²) in [6.45, 7) is 1.61. The molecule has 8 heteroatoms. The second-order valence-corrected chi connectivity index (χ2v) is 8.33. The Labute approximate surface area is 174 Å². The van der Waals surface area contributed by atoms with Crippen LogP contribution in [0.3, 0.4) is 0 Å². The summed E-state index contributed by atoms with van der Waals surface area (Å²) in [5.74, 6) is 3.06. The third kappa shape index (κ3) is 3.72. The van der Waals surface area contributed by atoms with Gasteiger partial charge in [0.05, 0.1) is 12.2 Å². The molecule has 1 fully saturated rings. The van der Waals surface area contributed by atoms with Crippen LogP contribution in [-0.2, 0) is 13.1 Å². The van der Waals surface area contributed by atoms with Gasteiger partial charge in [0.15, 0.2) is 5.82 Å². The fraction of sp³-hybridized carbons (Fsp3) is 0.429. The van der Waals surface area contributed by atoms with Crippen LogP contribution in [0.4, 0.5) is 0 Å². The molecule has 5 rings (SSSR count). The molecule has 0 amide bonds. The summed E-state index contributed by atoms with van der Waals surface area (Å²) in [4.78, 5) is 10.4. The molecule has 1 aromatic carbocycles. The number of rotatable bonds is 3. The van der Waals surface area contributed by atoms with E-state index in [9.17, 15) is 0 Å². The average molecular weight is 411 g/mol. The van der Waals surface area contributed by atoms with E-state index in [2.05, 4.69) is 48.8 Å². The number of hydrogen-bond acceptors (Lipinski definition) is 6. The highest BCUT2D eigenvalue weighted by molar-refractivity contribution is 6.30. The Morgan fingerprint density at radius 3 is 2.72 bits per heavy atom. The van der Waals surface area contributed by atoms with Gasteiger partial charge in [-0.2, -0.15) is 0 Å². The first-order chi connectivity index (χ1) is 14.2. The van der Waals surface area contributed by atoms with Crippen molar-refractivity contribution in [3.63, 3.8) is 0 Å². The molecule has 0 radical (unpaired) electrons. The van der Waals surface area contributed by atoms with Gasteiger partial charge in [-0.15, -0.1) is 10.2 Å². The quantitative estimate of drug-likeness (QED) is 0.654. The Morgan fingerprint density at radius 1 is 1.07 bits per heavy atom. The third-order valence-electron chi connectivity index (χ3n) is 5.77. The molecule has 0 saturated heterocycles. The lowest BCUT2D eigenvalue weighted by Crippen LogP contribution is -2.25. The standard InChI is InChI=1S/C21H23ClN6O/c1-27-11-15-10-16(22)4-7-18(15)28-19(12-27)25-26-21(28)14-2-5-17(6-3-14)29-20-8-9-23-13-24-20/h4,7-10,13-14,17H,2-3,5-6,11-12H2,1H3/t14-,17+. The monoisotopic (exact) mass is 410 g/mol. The zero-order valence-corrected chi connectivity index (χ0v) is 17.1. The van der Waals surface area contributed by atoms with E-state index in [4.69, 9.17) is 16.3 Å². The van der Waals surface area contributed by atoms with Crippen molar-refractivity contribution in [2.75, 3.05) is 7.05 Å². The van der Waals surface area contributed by atoms with Gasteiger partial charge in [0.2, 0.25) is 5.88 Å². The molecule has 0 bridgehead atoms. The average Bonchev–Trinajstić information content (AvgIpc) is 3.06. The normalized spacial score (nSPS) is 21.9. The predicted molar refractivity (Wildman–Crippen MR) is 109 cm³/mol. The Morgan fingerprint density at radius 2 is 1.93 bits per heavy atom. The lowest BCUT2D eigenvalue weighted by atomic mass is 9.86. The lowest BCUT2D eigenvalue weighted by Gasteiger charge is -2.28. The highest BCUT2D eigenvalue weighted by atomic mass is 35.5. The van der Waals surface area contributed by atoms with E-state index in [0.717, 1.165) is 61.1 Å². The second-order valence-electron chi connectivity index (χ2n) is 7.89. The van der Waals surface area contributed by atoms with Gasteiger partial charge >= 0.3 is 0 Å². The molecule has 3 heterocycles. The highest BCUT2D eigenvalue weighted by Crippen LogP contribution is 2.36. The summed E-state index contributed by atoms with van der Waals surface area (Å²) in [5.41, 5.74) is 2.36. The van der Waals surface area contributed by atoms with Crippen LogP contribution in [0, 0.1) is 0 Å². The van der Waals surface area contributed by atoms with Gasteiger partial charge in [0.25, 0.3) is 0 Å². The van der Waals surface area contributed by atoms with Gasteiger partial charge in [-0.1, -0.05) is 11.6 Å². The van der Waals surface area contributed by atoms with E-state index in [1.807, 2.05) is 12.1 Å². The fourth-order valence-electron chi connectivity index (χ4n) is 4.40. The molecule has 2 aliphatic rings. The van der Waals surface area contributed by atoms with Crippen LogP contribution in [0.15, 0.2) is 36.8 Å². The fourth-order valence-corrected chi connectivity index (χ4v) is 4.60. The molecule has 2 aromatic heterocycles. The molecule has 1 saturated carbocycles. The van der Waals surface area contributed by atoms with Crippen LogP contribution >= 0.6 is 11.6 Å². The summed E-state index contributed by atoms with van der Waals surface area (Å²) >= 11 is 6.27. The minimum absolute atomic E-state index is 0.185. The van der Waals surface area contributed by atoms with E-state index in [0.29, 0.717) is 11.8 Å². The maximum absolute atomic E-state index is 6.27. The number of hydrogen-bond donors (Lipinski definition) is 0. The van der Waals surface area contributed by atoms with Crippen LogP contribution in [0.2, 0.25) is 5.02 Å². The first kappa shape index (κ1) is 18.5. The highest BCUT2D eigenvalue weighted by Gasteiger charge is 2.30. The molecular formula is C21H23ClN6O. The summed E-state index contributed by atoms with van der Waals surface area (Å²) in [5, 5.41) is 9.92. The lowest BCUT2D eigenvalue weighted by molar-refractivity contribution is 0.138. The predicted octanol–water partition coefficient (Wildman–Crippen LogP) is 3.76. The Bertz CT molecular complexity index is 1000. The van der Waals surface area contributed by atoms with E-state index >= 15 is 0 Å². The van der Waals surface area contributed by atoms with Crippen molar-refractivity contribution >= 4 is 11.6 Å². The number of aromatic nitrogens is 5. The van der Waals surface area contributed by atoms with Crippen molar-refractivity contribution in [1.82, 2.24) is 29.6 Å². The van der Waals surface area contributed by atoms with Crippen molar-refractivity contribution in [2.24, 2.45) is 0 Å². The van der Waals surface area contributed by atoms with Crippen LogP contribution in [0.25, 0.3) is 5.69 Å². The topological polar surface area (TPSA) is 69.0 Å². The second kappa shape index (κ2) is 7.72. The molecule has 0 spiro atoms. The summed E-state index contributed by atoms with van der Waals surface area (Å²) in [6.07, 6.45) is 7.41. The Hall–Kier alpha value is -2.51. The van der Waals surface area contributed by atoms with E-state index in [1.165, 1.54) is 11.9 Å². The molecule has 29 heavy (non-hydrogen) atoms. The maximum atomic E-state index is 6.27. The molecular weight excluding hydrogens is 388 g/mol. The molecule has 0 N–H and O–H groups in total. The number of halogens is 1. The maximum Gasteiger partial charge on any atom is 0.216 e. The van der Waals surface area contributed by atoms with Crippen molar-refractivity contribution in [3.05, 3.63) is 59.0 Å². The largest absolute Gasteiger partial charge is 0.474 e. The van der Waals surface area contributed by atoms with Gasteiger partial charge in [-0.05, 0) is 56.5 Å². The number of benzene rings is 1. The summed E-state index contributed by atoms with van der Waals surface area (Å²) in [7, 11) is 2.10. The van der Waals surface area contributed by atoms with Gasteiger partial charge in [0.1, 0.15) is 18.3 Å². The number of ether oxygens (including phenoxy) is 1. The van der Waals surface area contributed by atoms with E-state index < -0.39 is 0 Å². The molecule has 0 unspecified atom stereocenters. The minimum atomic E-state index is 0.185. The third-order valence-corrected chi connectivity index (χ3v) is 6.01. The van der Waals surface area contributed by atoms with Crippen LogP contribution in [-0.4, -0.2) is 42.8 Å². The minimum Gasteiger partial charge on any atom is -0.474 e. The summed E-state index contributed by atoms with van der Waals surface area (Å²) < 4.78 is 8.28. The smallest absolute Gasteiger partial charge is 0.216 e. The van der Waals surface area contributed by atoms with Crippen molar-refractivity contribution in [1.29, 1.82) is 0 Å². The zero-order chi connectivity index (χ0) is 19.8. The van der Waals surface area contributed by atoms with E-state index in [1.54, 1.807) is 6.20 Å². The van der Waals surface area contributed by atoms with Crippen LogP contribution in [0.1, 0.15) is 48.8 Å². The van der Waals surface area contributed by atoms with E-state index in [-0.39, 0.29) is 6.10 Å². The van der Waals surface area contributed by atoms with Gasteiger partial charge < -0.3 is 4.74 Å². The molecule has 1 aliphatic heterocycles. The first-order valence-corrected chi connectivity index (χ1v) is 10.4. The van der Waals surface area contributed by atoms with Crippen LogP contribution < -0.4 is 4.74 Å². The van der Waals surface area contributed by atoms with Crippen molar-refractivity contribution < 1.29 is 4.74 Å².